The first kappa shape index (κ1) is 16.4. The van der Waals surface area contributed by atoms with Crippen LogP contribution in [-0.4, -0.2) is 19.5 Å². The SMILES string of the molecule is Brc1ccccc1C1OCCO1.O=Cc1ccccc1Br. The summed E-state index contributed by atoms with van der Waals surface area (Å²) in [6, 6.07) is 15.2. The summed E-state index contributed by atoms with van der Waals surface area (Å²) in [5.74, 6) is 0. The van der Waals surface area contributed by atoms with Gasteiger partial charge in [0.2, 0.25) is 0 Å². The highest BCUT2D eigenvalue weighted by Crippen LogP contribution is 2.29. The van der Waals surface area contributed by atoms with Crippen molar-refractivity contribution in [3.05, 3.63) is 68.6 Å². The lowest BCUT2D eigenvalue weighted by molar-refractivity contribution is -0.0446. The second-order valence-electron chi connectivity index (χ2n) is 4.23. The molecule has 1 aliphatic heterocycles. The van der Waals surface area contributed by atoms with Gasteiger partial charge in [-0.25, -0.2) is 0 Å². The molecule has 0 amide bonds. The largest absolute Gasteiger partial charge is 0.346 e. The zero-order valence-electron chi connectivity index (χ0n) is 11.2. The molecular weight excluding hydrogens is 400 g/mol. The molecule has 110 valence electrons. The first-order valence-corrected chi connectivity index (χ1v) is 7.98. The molecule has 0 bridgehead atoms. The van der Waals surface area contributed by atoms with Crippen LogP contribution in [0, 0.1) is 0 Å². The van der Waals surface area contributed by atoms with Crippen LogP contribution in [0.1, 0.15) is 22.2 Å². The third-order valence-corrected chi connectivity index (χ3v) is 4.26. The van der Waals surface area contributed by atoms with E-state index in [1.54, 1.807) is 6.07 Å². The molecule has 1 heterocycles. The molecule has 3 rings (SSSR count). The van der Waals surface area contributed by atoms with Crippen molar-refractivity contribution in [2.45, 2.75) is 6.29 Å². The number of carbonyl (C=O) groups excluding carboxylic acids is 1. The summed E-state index contributed by atoms with van der Waals surface area (Å²) in [7, 11) is 0. The van der Waals surface area contributed by atoms with Crippen LogP contribution in [-0.2, 0) is 9.47 Å². The number of ether oxygens (including phenoxy) is 2. The number of rotatable bonds is 2. The standard InChI is InChI=1S/C9H9BrO2.C7H5BrO/c10-8-4-2-1-3-7(8)9-11-5-6-12-9;8-7-4-2-1-3-6(7)5-9/h1-4,9H,5-6H2;1-5H. The molecular formula is C16H14Br2O3. The summed E-state index contributed by atoms with van der Waals surface area (Å²) in [5.41, 5.74) is 1.76. The summed E-state index contributed by atoms with van der Waals surface area (Å²) >= 11 is 6.67. The molecule has 0 N–H and O–H groups in total. The van der Waals surface area contributed by atoms with E-state index in [9.17, 15) is 4.79 Å². The van der Waals surface area contributed by atoms with Gasteiger partial charge in [-0.1, -0.05) is 68.3 Å². The van der Waals surface area contributed by atoms with E-state index in [0.717, 1.165) is 20.8 Å². The number of hydrogen-bond acceptors (Lipinski definition) is 3. The molecule has 0 atom stereocenters. The lowest BCUT2D eigenvalue weighted by Gasteiger charge is -2.10. The lowest BCUT2D eigenvalue weighted by Crippen LogP contribution is -1.98. The predicted octanol–water partition coefficient (Wildman–Crippen LogP) is 4.76. The van der Waals surface area contributed by atoms with Gasteiger partial charge < -0.3 is 9.47 Å². The highest BCUT2D eigenvalue weighted by atomic mass is 79.9. The molecule has 0 radical (unpaired) electrons. The number of halogens is 2. The van der Waals surface area contributed by atoms with Crippen molar-refractivity contribution < 1.29 is 14.3 Å². The van der Waals surface area contributed by atoms with Crippen LogP contribution in [0.25, 0.3) is 0 Å². The number of hydrogen-bond donors (Lipinski definition) is 0. The van der Waals surface area contributed by atoms with Gasteiger partial charge in [-0.2, -0.15) is 0 Å². The normalized spacial score (nSPS) is 14.4. The van der Waals surface area contributed by atoms with Crippen molar-refractivity contribution in [1.82, 2.24) is 0 Å². The van der Waals surface area contributed by atoms with Gasteiger partial charge in [-0.05, 0) is 12.1 Å². The van der Waals surface area contributed by atoms with Gasteiger partial charge in [-0.15, -0.1) is 0 Å². The molecule has 0 spiro atoms. The van der Waals surface area contributed by atoms with E-state index in [-0.39, 0.29) is 6.29 Å². The zero-order chi connectivity index (χ0) is 15.1. The molecule has 2 aromatic carbocycles. The first-order chi connectivity index (χ1) is 10.2. The maximum absolute atomic E-state index is 10.2. The molecule has 21 heavy (non-hydrogen) atoms. The van der Waals surface area contributed by atoms with Crippen LogP contribution in [0.3, 0.4) is 0 Å². The van der Waals surface area contributed by atoms with Crippen molar-refractivity contribution in [2.24, 2.45) is 0 Å². The van der Waals surface area contributed by atoms with E-state index in [2.05, 4.69) is 31.9 Å². The average Bonchev–Trinajstić information content (AvgIpc) is 3.03. The van der Waals surface area contributed by atoms with Gasteiger partial charge in [0, 0.05) is 20.1 Å². The minimum Gasteiger partial charge on any atom is -0.346 e. The minimum atomic E-state index is -0.180. The Hall–Kier alpha value is -1.01. The topological polar surface area (TPSA) is 35.5 Å². The fraction of sp³-hybridized carbons (Fsp3) is 0.188. The van der Waals surface area contributed by atoms with Crippen molar-refractivity contribution in [1.29, 1.82) is 0 Å². The van der Waals surface area contributed by atoms with E-state index in [1.165, 1.54) is 0 Å². The third-order valence-electron chi connectivity index (χ3n) is 2.81. The third kappa shape index (κ3) is 4.74. The summed E-state index contributed by atoms with van der Waals surface area (Å²) < 4.78 is 12.6. The highest BCUT2D eigenvalue weighted by molar-refractivity contribution is 9.10. The Morgan fingerprint density at radius 3 is 2.00 bits per heavy atom. The lowest BCUT2D eigenvalue weighted by atomic mass is 10.2. The zero-order valence-corrected chi connectivity index (χ0v) is 14.3. The van der Waals surface area contributed by atoms with E-state index in [4.69, 9.17) is 9.47 Å². The van der Waals surface area contributed by atoms with Crippen LogP contribution >= 0.6 is 31.9 Å². The maximum Gasteiger partial charge on any atom is 0.185 e. The molecule has 5 heteroatoms. The van der Waals surface area contributed by atoms with Crippen molar-refractivity contribution >= 4 is 38.1 Å². The number of aldehydes is 1. The summed E-state index contributed by atoms with van der Waals surface area (Å²) in [4.78, 5) is 10.2. The highest BCUT2D eigenvalue weighted by Gasteiger charge is 2.19. The quantitative estimate of drug-likeness (QED) is 0.666. The molecule has 0 aromatic heterocycles. The Balaban J connectivity index is 0.000000161. The molecule has 0 unspecified atom stereocenters. The fourth-order valence-electron chi connectivity index (χ4n) is 1.77. The summed E-state index contributed by atoms with van der Waals surface area (Å²) in [6.45, 7) is 1.37. The Morgan fingerprint density at radius 1 is 0.905 bits per heavy atom. The average molecular weight is 414 g/mol. The Kier molecular flexibility index (Phi) is 6.57. The van der Waals surface area contributed by atoms with E-state index in [0.29, 0.717) is 18.8 Å². The summed E-state index contributed by atoms with van der Waals surface area (Å²) in [5, 5.41) is 0. The maximum atomic E-state index is 10.2. The van der Waals surface area contributed by atoms with Gasteiger partial charge in [0.1, 0.15) is 0 Å². The van der Waals surface area contributed by atoms with Crippen LogP contribution in [0.15, 0.2) is 57.5 Å². The fourth-order valence-corrected chi connectivity index (χ4v) is 2.62. The van der Waals surface area contributed by atoms with Gasteiger partial charge >= 0.3 is 0 Å². The monoisotopic (exact) mass is 412 g/mol. The second kappa shape index (κ2) is 8.44. The molecule has 2 aromatic rings. The molecule has 0 saturated carbocycles. The Labute approximate surface area is 140 Å². The van der Waals surface area contributed by atoms with Gasteiger partial charge in [0.25, 0.3) is 0 Å². The van der Waals surface area contributed by atoms with Gasteiger partial charge in [0.15, 0.2) is 12.6 Å². The Morgan fingerprint density at radius 2 is 1.48 bits per heavy atom. The molecule has 3 nitrogen and oxygen atoms in total. The van der Waals surface area contributed by atoms with Crippen LogP contribution in [0.5, 0.6) is 0 Å². The van der Waals surface area contributed by atoms with Gasteiger partial charge in [-0.3, -0.25) is 4.79 Å². The molecule has 1 fully saturated rings. The molecule has 1 aliphatic rings. The van der Waals surface area contributed by atoms with E-state index in [1.807, 2.05) is 42.5 Å². The Bertz CT molecular complexity index is 596. The number of carbonyl (C=O) groups is 1. The smallest absolute Gasteiger partial charge is 0.185 e. The van der Waals surface area contributed by atoms with Crippen molar-refractivity contribution in [3.63, 3.8) is 0 Å². The van der Waals surface area contributed by atoms with Gasteiger partial charge in [0.05, 0.1) is 13.2 Å². The minimum absolute atomic E-state index is 0.180. The van der Waals surface area contributed by atoms with Crippen molar-refractivity contribution in [3.8, 4) is 0 Å². The first-order valence-electron chi connectivity index (χ1n) is 6.39. The molecule has 0 aliphatic carbocycles. The number of benzene rings is 2. The molecule has 1 saturated heterocycles. The van der Waals surface area contributed by atoms with E-state index < -0.39 is 0 Å². The van der Waals surface area contributed by atoms with E-state index >= 15 is 0 Å². The predicted molar refractivity (Wildman–Crippen MR) is 88.3 cm³/mol. The second-order valence-corrected chi connectivity index (χ2v) is 5.94. The van der Waals surface area contributed by atoms with Crippen LogP contribution < -0.4 is 0 Å². The van der Waals surface area contributed by atoms with Crippen molar-refractivity contribution in [2.75, 3.05) is 13.2 Å². The summed E-state index contributed by atoms with van der Waals surface area (Å²) in [6.07, 6.45) is 0.643. The van der Waals surface area contributed by atoms with Crippen LogP contribution in [0.2, 0.25) is 0 Å². The van der Waals surface area contributed by atoms with Crippen LogP contribution in [0.4, 0.5) is 0 Å².